The van der Waals surface area contributed by atoms with Crippen LogP contribution in [0.2, 0.25) is 0 Å². The number of hydrogen-bond acceptors (Lipinski definition) is 2. The molecule has 3 aliphatic rings. The minimum atomic E-state index is 0.767. The predicted molar refractivity (Wildman–Crippen MR) is 76.7 cm³/mol. The van der Waals surface area contributed by atoms with Gasteiger partial charge in [-0.05, 0) is 50.9 Å². The summed E-state index contributed by atoms with van der Waals surface area (Å²) in [6, 6.07) is 3.32. The molecule has 5 unspecified atom stereocenters. The van der Waals surface area contributed by atoms with Crippen molar-refractivity contribution in [1.29, 1.82) is 0 Å². The molecule has 104 valence electrons. The molecule has 1 saturated heterocycles. The Labute approximate surface area is 113 Å². The number of likely N-dealkylation sites (tertiary alicyclic amines) is 1. The van der Waals surface area contributed by atoms with Crippen LogP contribution < -0.4 is 5.32 Å². The zero-order valence-corrected chi connectivity index (χ0v) is 12.4. The second kappa shape index (κ2) is 5.13. The summed E-state index contributed by atoms with van der Waals surface area (Å²) in [5.41, 5.74) is 0. The van der Waals surface area contributed by atoms with E-state index in [2.05, 4.69) is 31.0 Å². The van der Waals surface area contributed by atoms with Crippen LogP contribution in [0.25, 0.3) is 0 Å². The lowest BCUT2D eigenvalue weighted by atomic mass is 9.93. The molecular weight excluding hydrogens is 220 g/mol. The Morgan fingerprint density at radius 1 is 1.11 bits per heavy atom. The summed E-state index contributed by atoms with van der Waals surface area (Å²) >= 11 is 0. The molecule has 3 rings (SSSR count). The van der Waals surface area contributed by atoms with Gasteiger partial charge in [0.15, 0.2) is 0 Å². The zero-order valence-electron chi connectivity index (χ0n) is 12.4. The van der Waals surface area contributed by atoms with Gasteiger partial charge in [-0.25, -0.2) is 0 Å². The third-order valence-electron chi connectivity index (χ3n) is 5.84. The highest BCUT2D eigenvalue weighted by atomic mass is 15.3. The second-order valence-electron chi connectivity index (χ2n) is 7.09. The van der Waals surface area contributed by atoms with Gasteiger partial charge in [0.25, 0.3) is 0 Å². The fourth-order valence-corrected chi connectivity index (χ4v) is 4.45. The van der Waals surface area contributed by atoms with Crippen LogP contribution >= 0.6 is 0 Å². The van der Waals surface area contributed by atoms with Crippen LogP contribution in [0.5, 0.6) is 0 Å². The SMILES string of the molecule is CCC1CCC(NC2CC(C)N(C3CC3)C2)C1C. The maximum Gasteiger partial charge on any atom is 0.0212 e. The first-order chi connectivity index (χ1) is 8.69. The Balaban J connectivity index is 1.51. The molecule has 2 nitrogen and oxygen atoms in total. The Hall–Kier alpha value is -0.0800. The highest BCUT2D eigenvalue weighted by Gasteiger charge is 2.40. The van der Waals surface area contributed by atoms with Crippen molar-refractivity contribution < 1.29 is 0 Å². The third-order valence-corrected chi connectivity index (χ3v) is 5.84. The van der Waals surface area contributed by atoms with E-state index in [-0.39, 0.29) is 0 Å². The van der Waals surface area contributed by atoms with Gasteiger partial charge in [0.1, 0.15) is 0 Å². The quantitative estimate of drug-likeness (QED) is 0.825. The lowest BCUT2D eigenvalue weighted by molar-refractivity contribution is 0.251. The van der Waals surface area contributed by atoms with Crippen molar-refractivity contribution in [2.75, 3.05) is 6.54 Å². The van der Waals surface area contributed by atoms with Crippen molar-refractivity contribution >= 4 is 0 Å². The summed E-state index contributed by atoms with van der Waals surface area (Å²) in [5, 5.41) is 3.99. The number of nitrogens with one attached hydrogen (secondary N) is 1. The molecule has 0 aromatic rings. The largest absolute Gasteiger partial charge is 0.310 e. The average molecular weight is 250 g/mol. The molecule has 5 atom stereocenters. The Morgan fingerprint density at radius 2 is 1.89 bits per heavy atom. The molecule has 2 heteroatoms. The van der Waals surface area contributed by atoms with E-state index in [1.165, 1.54) is 45.1 Å². The predicted octanol–water partition coefficient (Wildman–Crippen LogP) is 3.03. The van der Waals surface area contributed by atoms with Crippen LogP contribution in [0.1, 0.15) is 59.3 Å². The smallest absolute Gasteiger partial charge is 0.0212 e. The Kier molecular flexibility index (Phi) is 3.68. The van der Waals surface area contributed by atoms with Gasteiger partial charge < -0.3 is 5.32 Å². The molecule has 1 heterocycles. The zero-order chi connectivity index (χ0) is 12.7. The topological polar surface area (TPSA) is 15.3 Å². The first-order valence-electron chi connectivity index (χ1n) is 8.20. The molecule has 3 fully saturated rings. The van der Waals surface area contributed by atoms with Crippen LogP contribution in [-0.4, -0.2) is 35.6 Å². The van der Waals surface area contributed by atoms with Gasteiger partial charge in [-0.3, -0.25) is 4.90 Å². The Bertz CT molecular complexity index is 287. The van der Waals surface area contributed by atoms with Crippen molar-refractivity contribution in [2.45, 2.75) is 83.5 Å². The maximum absolute atomic E-state index is 3.99. The van der Waals surface area contributed by atoms with Crippen LogP contribution in [0.3, 0.4) is 0 Å². The summed E-state index contributed by atoms with van der Waals surface area (Å²) < 4.78 is 0. The van der Waals surface area contributed by atoms with Gasteiger partial charge in [-0.1, -0.05) is 20.3 Å². The molecule has 1 N–H and O–H groups in total. The van der Waals surface area contributed by atoms with Crippen LogP contribution in [0.15, 0.2) is 0 Å². The van der Waals surface area contributed by atoms with Crippen molar-refractivity contribution in [2.24, 2.45) is 11.8 Å². The third kappa shape index (κ3) is 2.46. The normalized spacial score (nSPS) is 45.8. The molecule has 18 heavy (non-hydrogen) atoms. The minimum absolute atomic E-state index is 0.767. The van der Waals surface area contributed by atoms with E-state index in [0.717, 1.165) is 36.0 Å². The average Bonchev–Trinajstić information content (AvgIpc) is 3.05. The highest BCUT2D eigenvalue weighted by Crippen LogP contribution is 2.36. The van der Waals surface area contributed by atoms with Crippen LogP contribution in [-0.2, 0) is 0 Å². The van der Waals surface area contributed by atoms with Gasteiger partial charge >= 0.3 is 0 Å². The highest BCUT2D eigenvalue weighted by molar-refractivity contribution is 4.98. The van der Waals surface area contributed by atoms with E-state index < -0.39 is 0 Å². The molecular formula is C16H30N2. The van der Waals surface area contributed by atoms with Gasteiger partial charge in [0, 0.05) is 30.7 Å². The number of rotatable bonds is 4. The van der Waals surface area contributed by atoms with Gasteiger partial charge in [-0.15, -0.1) is 0 Å². The fraction of sp³-hybridized carbons (Fsp3) is 1.00. The van der Waals surface area contributed by atoms with Crippen molar-refractivity contribution in [3.05, 3.63) is 0 Å². The monoisotopic (exact) mass is 250 g/mol. The lowest BCUT2D eigenvalue weighted by Gasteiger charge is -2.25. The van der Waals surface area contributed by atoms with E-state index in [0.29, 0.717) is 0 Å². The van der Waals surface area contributed by atoms with Crippen molar-refractivity contribution in [3.63, 3.8) is 0 Å². The number of nitrogens with zero attached hydrogens (tertiary/aromatic N) is 1. The molecule has 0 bridgehead atoms. The van der Waals surface area contributed by atoms with E-state index in [1.807, 2.05) is 0 Å². The van der Waals surface area contributed by atoms with Crippen molar-refractivity contribution in [3.8, 4) is 0 Å². The summed E-state index contributed by atoms with van der Waals surface area (Å²) in [6.45, 7) is 8.56. The summed E-state index contributed by atoms with van der Waals surface area (Å²) in [4.78, 5) is 2.76. The standard InChI is InChI=1S/C16H30N2/c1-4-13-5-8-16(12(13)3)17-14-9-11(2)18(10-14)15-6-7-15/h11-17H,4-10H2,1-3H3. The summed E-state index contributed by atoms with van der Waals surface area (Å²) in [7, 11) is 0. The first kappa shape index (κ1) is 12.9. The molecule has 0 radical (unpaired) electrons. The van der Waals surface area contributed by atoms with E-state index in [1.54, 1.807) is 0 Å². The molecule has 0 amide bonds. The summed E-state index contributed by atoms with van der Waals surface area (Å²) in [5.74, 6) is 1.86. The van der Waals surface area contributed by atoms with Gasteiger partial charge in [0.05, 0.1) is 0 Å². The minimum Gasteiger partial charge on any atom is -0.310 e. The van der Waals surface area contributed by atoms with E-state index >= 15 is 0 Å². The molecule has 2 saturated carbocycles. The lowest BCUT2D eigenvalue weighted by Crippen LogP contribution is -2.42. The first-order valence-corrected chi connectivity index (χ1v) is 8.20. The maximum atomic E-state index is 3.99. The molecule has 1 aliphatic heterocycles. The van der Waals surface area contributed by atoms with E-state index in [9.17, 15) is 0 Å². The van der Waals surface area contributed by atoms with Gasteiger partial charge in [-0.2, -0.15) is 0 Å². The van der Waals surface area contributed by atoms with Crippen LogP contribution in [0.4, 0.5) is 0 Å². The molecule has 0 aromatic heterocycles. The molecule has 2 aliphatic carbocycles. The number of hydrogen-bond donors (Lipinski definition) is 1. The second-order valence-corrected chi connectivity index (χ2v) is 7.09. The van der Waals surface area contributed by atoms with Gasteiger partial charge in [0.2, 0.25) is 0 Å². The van der Waals surface area contributed by atoms with Crippen LogP contribution in [0, 0.1) is 11.8 Å². The molecule has 0 aromatic carbocycles. The molecule has 0 spiro atoms. The fourth-order valence-electron chi connectivity index (χ4n) is 4.45. The van der Waals surface area contributed by atoms with E-state index in [4.69, 9.17) is 0 Å². The Morgan fingerprint density at radius 3 is 2.50 bits per heavy atom. The summed E-state index contributed by atoms with van der Waals surface area (Å²) in [6.07, 6.45) is 8.51. The van der Waals surface area contributed by atoms with Crippen molar-refractivity contribution in [1.82, 2.24) is 10.2 Å².